The number of amides is 1. The number of carbonyl (C=O) groups excluding carboxylic acids is 1. The van der Waals surface area contributed by atoms with Crippen LogP contribution < -0.4 is 10.8 Å². The van der Waals surface area contributed by atoms with Gasteiger partial charge in [-0.05, 0) is 65.6 Å². The van der Waals surface area contributed by atoms with Gasteiger partial charge in [0.1, 0.15) is 12.4 Å². The third-order valence-corrected chi connectivity index (χ3v) is 6.00. The Kier molecular flexibility index (Phi) is 8.55. The summed E-state index contributed by atoms with van der Waals surface area (Å²) in [5, 5.41) is 41.7. The number of nitrogens with zero attached hydrogens (tertiary/aromatic N) is 1. The second-order valence-corrected chi connectivity index (χ2v) is 8.85. The zero-order chi connectivity index (χ0) is 29.5. The van der Waals surface area contributed by atoms with Crippen LogP contribution in [0.4, 0.5) is 17.1 Å². The lowest BCUT2D eigenvalue weighted by molar-refractivity contribution is -0.384. The fraction of sp³-hybridized carbons (Fsp3) is 0.0690. The maximum atomic E-state index is 12.6. The van der Waals surface area contributed by atoms with Crippen LogP contribution in [0.2, 0.25) is 0 Å². The molecule has 0 spiro atoms. The maximum Gasteiger partial charge on any atom is 0.336 e. The van der Waals surface area contributed by atoms with Gasteiger partial charge in [0.15, 0.2) is 0 Å². The van der Waals surface area contributed by atoms with Gasteiger partial charge < -0.3 is 20.6 Å². The number of nitro groups is 1. The summed E-state index contributed by atoms with van der Waals surface area (Å²) in [4.78, 5) is 51.1. The second kappa shape index (κ2) is 12.4. The first kappa shape index (κ1) is 28.3. The second-order valence-electron chi connectivity index (χ2n) is 8.85. The number of non-ortho nitro benzene ring substituents is 1. The Morgan fingerprint density at radius 2 is 1.37 bits per heavy atom. The molecule has 0 aliphatic carbocycles. The summed E-state index contributed by atoms with van der Waals surface area (Å²) in [7, 11) is 0. The minimum atomic E-state index is -1.45. The highest BCUT2D eigenvalue weighted by molar-refractivity contribution is 6.11. The van der Waals surface area contributed by atoms with Crippen LogP contribution in [0.3, 0.4) is 0 Å². The quantitative estimate of drug-likeness (QED) is 0.123. The number of carboxylic acids is 2. The summed E-state index contributed by atoms with van der Waals surface area (Å²) in [5.41, 5.74) is 5.00. The van der Waals surface area contributed by atoms with E-state index in [1.54, 1.807) is 36.4 Å². The van der Waals surface area contributed by atoms with Crippen molar-refractivity contribution < 1.29 is 39.5 Å². The molecule has 0 bridgehead atoms. The molecule has 0 saturated heterocycles. The number of aromatic hydroxyl groups is 1. The van der Waals surface area contributed by atoms with Crippen molar-refractivity contribution in [3.63, 3.8) is 0 Å². The first-order chi connectivity index (χ1) is 19.6. The molecule has 0 aliphatic heterocycles. The lowest BCUT2D eigenvalue weighted by Crippen LogP contribution is -2.16. The number of phenols is 1. The summed E-state index contributed by atoms with van der Waals surface area (Å²) >= 11 is 0. The highest BCUT2D eigenvalue weighted by Gasteiger charge is 2.20. The fourth-order valence-corrected chi connectivity index (χ4v) is 3.94. The Balaban J connectivity index is 1.32. The molecular weight excluding hydrogens is 534 g/mol. The molecule has 1 amide bonds. The van der Waals surface area contributed by atoms with Gasteiger partial charge in [-0.25, -0.2) is 9.59 Å². The molecule has 0 aliphatic rings. The van der Waals surface area contributed by atoms with Crippen LogP contribution in [0.1, 0.15) is 47.8 Å². The standard InChI is InChI=1S/C29H23N3O9/c33-23-11-5-19(25(15-23)28(35)36)16-41-31-21-8-3-18(4-9-21)13-17-1-6-20(7-2-17)30-27(34)24-12-10-22(32(39)40)14-26(24)29(37)38/h1-12,14-15,31,33H,13,16H2,(H,30,34)(H,35,36)(H,37,38). The topological polar surface area (TPSA) is 188 Å². The number of hydrogen-bond acceptors (Lipinski definition) is 8. The van der Waals surface area contributed by atoms with Gasteiger partial charge in [-0.2, -0.15) is 0 Å². The smallest absolute Gasteiger partial charge is 0.336 e. The molecule has 4 aromatic carbocycles. The molecule has 41 heavy (non-hydrogen) atoms. The maximum absolute atomic E-state index is 12.6. The molecule has 12 nitrogen and oxygen atoms in total. The van der Waals surface area contributed by atoms with Gasteiger partial charge in [0.25, 0.3) is 11.6 Å². The van der Waals surface area contributed by atoms with Gasteiger partial charge in [0.2, 0.25) is 0 Å². The molecule has 0 atom stereocenters. The lowest BCUT2D eigenvalue weighted by Gasteiger charge is -2.11. The van der Waals surface area contributed by atoms with Gasteiger partial charge in [-0.15, -0.1) is 0 Å². The molecule has 0 unspecified atom stereocenters. The zero-order valence-electron chi connectivity index (χ0n) is 21.2. The number of hydrogen-bond donors (Lipinski definition) is 5. The van der Waals surface area contributed by atoms with Crippen LogP contribution >= 0.6 is 0 Å². The molecule has 0 saturated carbocycles. The van der Waals surface area contributed by atoms with E-state index in [2.05, 4.69) is 10.8 Å². The molecular formula is C29H23N3O9. The van der Waals surface area contributed by atoms with E-state index in [4.69, 9.17) is 4.84 Å². The minimum absolute atomic E-state index is 0.0334. The number of aromatic carboxylic acids is 2. The summed E-state index contributed by atoms with van der Waals surface area (Å²) in [6.45, 7) is -0.0334. The van der Waals surface area contributed by atoms with E-state index in [0.29, 0.717) is 23.4 Å². The molecule has 0 heterocycles. The Morgan fingerprint density at radius 1 is 0.756 bits per heavy atom. The Bertz CT molecular complexity index is 1620. The Labute approximate surface area is 232 Å². The number of phenolic OH excluding ortho intramolecular Hbond substituents is 1. The Morgan fingerprint density at radius 3 is 1.95 bits per heavy atom. The predicted octanol–water partition coefficient (Wildman–Crippen LogP) is 5.08. The van der Waals surface area contributed by atoms with Gasteiger partial charge in [0.05, 0.1) is 27.3 Å². The van der Waals surface area contributed by atoms with Crippen LogP contribution in [0.5, 0.6) is 5.75 Å². The van der Waals surface area contributed by atoms with Crippen molar-refractivity contribution in [2.45, 2.75) is 13.0 Å². The van der Waals surface area contributed by atoms with Crippen molar-refractivity contribution in [3.05, 3.63) is 128 Å². The normalized spacial score (nSPS) is 10.5. The van der Waals surface area contributed by atoms with Crippen molar-refractivity contribution in [1.82, 2.24) is 0 Å². The molecule has 4 rings (SSSR count). The predicted molar refractivity (Wildman–Crippen MR) is 147 cm³/mol. The third kappa shape index (κ3) is 7.22. The van der Waals surface area contributed by atoms with Crippen LogP contribution in [0, 0.1) is 10.1 Å². The van der Waals surface area contributed by atoms with E-state index in [1.807, 2.05) is 12.1 Å². The molecule has 4 aromatic rings. The van der Waals surface area contributed by atoms with E-state index < -0.39 is 34.0 Å². The summed E-state index contributed by atoms with van der Waals surface area (Å²) in [6.07, 6.45) is 0.580. The zero-order valence-corrected chi connectivity index (χ0v) is 21.2. The molecule has 0 radical (unpaired) electrons. The average molecular weight is 558 g/mol. The Hall–Kier alpha value is -5.75. The van der Waals surface area contributed by atoms with E-state index in [9.17, 15) is 39.8 Å². The largest absolute Gasteiger partial charge is 0.508 e. The van der Waals surface area contributed by atoms with E-state index in [-0.39, 0.29) is 23.5 Å². The first-order valence-electron chi connectivity index (χ1n) is 12.0. The van der Waals surface area contributed by atoms with Crippen molar-refractivity contribution in [2.24, 2.45) is 0 Å². The highest BCUT2D eigenvalue weighted by Crippen LogP contribution is 2.22. The monoisotopic (exact) mass is 557 g/mol. The van der Waals surface area contributed by atoms with E-state index >= 15 is 0 Å². The molecule has 208 valence electrons. The molecule has 0 aromatic heterocycles. The number of carbonyl (C=O) groups is 3. The van der Waals surface area contributed by atoms with Crippen LogP contribution in [0.25, 0.3) is 0 Å². The van der Waals surface area contributed by atoms with Crippen LogP contribution in [-0.2, 0) is 17.9 Å². The van der Waals surface area contributed by atoms with Gasteiger partial charge in [-0.1, -0.05) is 30.3 Å². The summed E-state index contributed by atoms with van der Waals surface area (Å²) in [5.74, 6) is -3.48. The minimum Gasteiger partial charge on any atom is -0.508 e. The SMILES string of the molecule is O=C(O)c1cc(O)ccc1CONc1ccc(Cc2ccc(NC(=O)c3ccc([N+](=O)[O-])cc3C(=O)O)cc2)cc1. The highest BCUT2D eigenvalue weighted by atomic mass is 16.6. The number of rotatable bonds is 11. The van der Waals surface area contributed by atoms with E-state index in [1.165, 1.54) is 12.1 Å². The van der Waals surface area contributed by atoms with Crippen LogP contribution in [0.15, 0.2) is 84.9 Å². The van der Waals surface area contributed by atoms with Crippen molar-refractivity contribution in [3.8, 4) is 5.75 Å². The fourth-order valence-electron chi connectivity index (χ4n) is 3.94. The van der Waals surface area contributed by atoms with Crippen molar-refractivity contribution in [1.29, 1.82) is 0 Å². The van der Waals surface area contributed by atoms with Crippen LogP contribution in [-0.4, -0.2) is 38.1 Å². The number of carboxylic acid groups (broad SMARTS) is 2. The third-order valence-electron chi connectivity index (χ3n) is 6.00. The first-order valence-corrected chi connectivity index (χ1v) is 12.0. The van der Waals surface area contributed by atoms with Gasteiger partial charge in [0, 0.05) is 17.8 Å². The van der Waals surface area contributed by atoms with E-state index in [0.717, 1.165) is 35.4 Å². The van der Waals surface area contributed by atoms with Gasteiger partial charge >= 0.3 is 11.9 Å². The average Bonchev–Trinajstić information content (AvgIpc) is 2.95. The van der Waals surface area contributed by atoms with Crippen molar-refractivity contribution >= 4 is 34.9 Å². The van der Waals surface area contributed by atoms with Crippen molar-refractivity contribution in [2.75, 3.05) is 10.8 Å². The van der Waals surface area contributed by atoms with Gasteiger partial charge in [-0.3, -0.25) is 25.2 Å². The molecule has 12 heteroatoms. The summed E-state index contributed by atoms with van der Waals surface area (Å²) in [6, 6.07) is 21.3. The lowest BCUT2D eigenvalue weighted by atomic mass is 10.0. The molecule has 0 fully saturated rings. The number of nitro benzene ring substituents is 1. The summed E-state index contributed by atoms with van der Waals surface area (Å²) < 4.78 is 0. The number of anilines is 2. The molecule has 5 N–H and O–H groups in total. The number of nitrogens with one attached hydrogen (secondary N) is 2. The number of benzene rings is 4.